The van der Waals surface area contributed by atoms with E-state index in [1.807, 2.05) is 6.92 Å². The van der Waals surface area contributed by atoms with Crippen molar-refractivity contribution in [1.82, 2.24) is 14.9 Å². The standard InChI is InChI=1S/C19H25N3O3S/c1-10-3-4-13-14(9-10)26-18-15(13)17(23)20-16(21-18)11(2)22-7-5-12(6-8-22)19(24)25/h10-12H,3-9H2,1-2H3,(H,24,25)(H,20,21,23). The van der Waals surface area contributed by atoms with Crippen molar-refractivity contribution in [3.8, 4) is 0 Å². The van der Waals surface area contributed by atoms with E-state index < -0.39 is 5.97 Å². The van der Waals surface area contributed by atoms with E-state index in [1.165, 1.54) is 10.4 Å². The molecule has 140 valence electrons. The highest BCUT2D eigenvalue weighted by Crippen LogP contribution is 2.36. The third-order valence-corrected chi connectivity index (χ3v) is 7.15. The average molecular weight is 375 g/mol. The zero-order valence-electron chi connectivity index (χ0n) is 15.2. The summed E-state index contributed by atoms with van der Waals surface area (Å²) in [5.41, 5.74) is 1.18. The van der Waals surface area contributed by atoms with Gasteiger partial charge in [-0.1, -0.05) is 6.92 Å². The number of rotatable bonds is 3. The number of aryl methyl sites for hydroxylation is 1. The number of aromatic amines is 1. The molecule has 1 fully saturated rings. The number of H-pyrrole nitrogens is 1. The van der Waals surface area contributed by atoms with Crippen LogP contribution in [0.15, 0.2) is 4.79 Å². The third kappa shape index (κ3) is 3.07. The Balaban J connectivity index is 1.61. The number of hydrogen-bond acceptors (Lipinski definition) is 5. The van der Waals surface area contributed by atoms with Crippen LogP contribution in [0, 0.1) is 11.8 Å². The molecule has 6 nitrogen and oxygen atoms in total. The minimum absolute atomic E-state index is 0.0140. The van der Waals surface area contributed by atoms with Gasteiger partial charge in [-0.15, -0.1) is 11.3 Å². The molecule has 2 aromatic rings. The third-order valence-electron chi connectivity index (χ3n) is 6.01. The summed E-state index contributed by atoms with van der Waals surface area (Å²) in [7, 11) is 0. The van der Waals surface area contributed by atoms with Crippen molar-refractivity contribution < 1.29 is 9.90 Å². The largest absolute Gasteiger partial charge is 0.481 e. The molecule has 0 saturated carbocycles. The molecule has 7 heteroatoms. The van der Waals surface area contributed by atoms with Crippen molar-refractivity contribution in [2.45, 2.75) is 52.0 Å². The summed E-state index contributed by atoms with van der Waals surface area (Å²) in [6, 6.07) is -0.0140. The van der Waals surface area contributed by atoms with Gasteiger partial charge in [0.25, 0.3) is 5.56 Å². The number of carboxylic acids is 1. The van der Waals surface area contributed by atoms with Gasteiger partial charge in [-0.25, -0.2) is 4.98 Å². The highest BCUT2D eigenvalue weighted by atomic mass is 32.1. The van der Waals surface area contributed by atoms with E-state index in [0.29, 0.717) is 24.6 Å². The van der Waals surface area contributed by atoms with E-state index in [1.54, 1.807) is 11.3 Å². The molecule has 4 rings (SSSR count). The van der Waals surface area contributed by atoms with Crippen LogP contribution in [0.2, 0.25) is 0 Å². The summed E-state index contributed by atoms with van der Waals surface area (Å²) in [5.74, 6) is 0.411. The number of nitrogens with zero attached hydrogens (tertiary/aromatic N) is 2. The van der Waals surface area contributed by atoms with Crippen molar-refractivity contribution in [2.75, 3.05) is 13.1 Å². The lowest BCUT2D eigenvalue weighted by Crippen LogP contribution is -2.38. The summed E-state index contributed by atoms with van der Waals surface area (Å²) >= 11 is 1.67. The van der Waals surface area contributed by atoms with Crippen LogP contribution in [-0.4, -0.2) is 39.0 Å². The first-order valence-corrected chi connectivity index (χ1v) is 10.3. The molecule has 0 bridgehead atoms. The Hall–Kier alpha value is -1.73. The van der Waals surface area contributed by atoms with Gasteiger partial charge in [-0.3, -0.25) is 14.5 Å². The molecule has 2 atom stereocenters. The average Bonchev–Trinajstić information content (AvgIpc) is 2.98. The highest BCUT2D eigenvalue weighted by molar-refractivity contribution is 7.18. The number of nitrogens with one attached hydrogen (secondary N) is 1. The molecule has 2 N–H and O–H groups in total. The fraction of sp³-hybridized carbons (Fsp3) is 0.632. The quantitative estimate of drug-likeness (QED) is 0.861. The van der Waals surface area contributed by atoms with Crippen LogP contribution in [0.4, 0.5) is 0 Å². The van der Waals surface area contributed by atoms with E-state index in [4.69, 9.17) is 10.1 Å². The molecule has 2 aromatic heterocycles. The Bertz CT molecular complexity index is 895. The Morgan fingerprint density at radius 1 is 1.35 bits per heavy atom. The van der Waals surface area contributed by atoms with Crippen LogP contribution >= 0.6 is 11.3 Å². The number of fused-ring (bicyclic) bond motifs is 3. The predicted octanol–water partition coefficient (Wildman–Crippen LogP) is 2.97. The van der Waals surface area contributed by atoms with Gasteiger partial charge in [0.05, 0.1) is 17.3 Å². The highest BCUT2D eigenvalue weighted by Gasteiger charge is 2.29. The fourth-order valence-electron chi connectivity index (χ4n) is 4.27. The smallest absolute Gasteiger partial charge is 0.306 e. The number of carbonyl (C=O) groups is 1. The first-order valence-electron chi connectivity index (χ1n) is 9.45. The van der Waals surface area contributed by atoms with Gasteiger partial charge in [0, 0.05) is 4.88 Å². The fourth-order valence-corrected chi connectivity index (χ4v) is 5.66. The van der Waals surface area contributed by atoms with Crippen LogP contribution in [0.5, 0.6) is 0 Å². The SMILES string of the molecule is CC1CCc2c(sc3nc(C(C)N4CCC(C(=O)O)CC4)[nH]c(=O)c23)C1. The molecule has 0 amide bonds. The van der Waals surface area contributed by atoms with Crippen LogP contribution < -0.4 is 5.56 Å². The van der Waals surface area contributed by atoms with Crippen molar-refractivity contribution in [3.63, 3.8) is 0 Å². The van der Waals surface area contributed by atoms with Gasteiger partial charge in [0.15, 0.2) is 0 Å². The molecule has 2 unspecified atom stereocenters. The van der Waals surface area contributed by atoms with E-state index >= 15 is 0 Å². The molecule has 26 heavy (non-hydrogen) atoms. The number of carboxylic acid groups (broad SMARTS) is 1. The number of aromatic nitrogens is 2. The van der Waals surface area contributed by atoms with Crippen molar-refractivity contribution >= 4 is 27.5 Å². The van der Waals surface area contributed by atoms with Gasteiger partial charge in [-0.2, -0.15) is 0 Å². The number of hydrogen-bond donors (Lipinski definition) is 2. The molecular weight excluding hydrogens is 350 g/mol. The van der Waals surface area contributed by atoms with Crippen LogP contribution in [0.3, 0.4) is 0 Å². The molecule has 1 aliphatic heterocycles. The number of thiophene rings is 1. The number of piperidine rings is 1. The maximum Gasteiger partial charge on any atom is 0.306 e. The van der Waals surface area contributed by atoms with Crippen molar-refractivity contribution in [2.24, 2.45) is 11.8 Å². The second-order valence-electron chi connectivity index (χ2n) is 7.81. The number of aliphatic carboxylic acids is 1. The molecule has 1 saturated heterocycles. The minimum Gasteiger partial charge on any atom is -0.481 e. The first-order chi connectivity index (χ1) is 12.4. The maximum absolute atomic E-state index is 12.8. The van der Waals surface area contributed by atoms with Crippen molar-refractivity contribution in [1.29, 1.82) is 0 Å². The second kappa shape index (κ2) is 6.78. The second-order valence-corrected chi connectivity index (χ2v) is 8.89. The first kappa shape index (κ1) is 17.7. The molecule has 0 radical (unpaired) electrons. The summed E-state index contributed by atoms with van der Waals surface area (Å²) in [6.07, 6.45) is 4.45. The zero-order valence-corrected chi connectivity index (χ0v) is 16.1. The topological polar surface area (TPSA) is 86.3 Å². The van der Waals surface area contributed by atoms with E-state index in [9.17, 15) is 9.59 Å². The summed E-state index contributed by atoms with van der Waals surface area (Å²) in [5, 5.41) is 9.95. The Morgan fingerprint density at radius 2 is 2.08 bits per heavy atom. The lowest BCUT2D eigenvalue weighted by molar-refractivity contribution is -0.143. The Kier molecular flexibility index (Phi) is 4.61. The van der Waals surface area contributed by atoms with Crippen LogP contribution in [-0.2, 0) is 17.6 Å². The normalized spacial score (nSPS) is 23.1. The molecular formula is C19H25N3O3S. The Morgan fingerprint density at radius 3 is 2.77 bits per heavy atom. The van der Waals surface area contributed by atoms with Crippen molar-refractivity contribution in [3.05, 3.63) is 26.6 Å². The van der Waals surface area contributed by atoms with E-state index in [2.05, 4.69) is 16.8 Å². The Labute approximate surface area is 156 Å². The lowest BCUT2D eigenvalue weighted by atomic mass is 9.89. The van der Waals surface area contributed by atoms with Gasteiger partial charge in [0.1, 0.15) is 10.7 Å². The molecule has 0 spiro atoms. The maximum atomic E-state index is 12.8. The summed E-state index contributed by atoms with van der Waals surface area (Å²) in [6.45, 7) is 5.75. The lowest BCUT2D eigenvalue weighted by Gasteiger charge is -2.34. The number of likely N-dealkylation sites (tertiary alicyclic amines) is 1. The van der Waals surface area contributed by atoms with Gasteiger partial charge in [0.2, 0.25) is 0 Å². The predicted molar refractivity (Wildman–Crippen MR) is 102 cm³/mol. The monoisotopic (exact) mass is 375 g/mol. The van der Waals surface area contributed by atoms with Crippen LogP contribution in [0.25, 0.3) is 10.2 Å². The summed E-state index contributed by atoms with van der Waals surface area (Å²) in [4.78, 5) is 36.1. The molecule has 3 heterocycles. The molecule has 2 aliphatic rings. The van der Waals surface area contributed by atoms with Gasteiger partial charge >= 0.3 is 5.97 Å². The van der Waals surface area contributed by atoms with E-state index in [-0.39, 0.29) is 17.5 Å². The minimum atomic E-state index is -0.705. The van der Waals surface area contributed by atoms with Gasteiger partial charge < -0.3 is 10.1 Å². The van der Waals surface area contributed by atoms with Gasteiger partial charge in [-0.05, 0) is 63.6 Å². The molecule has 0 aromatic carbocycles. The van der Waals surface area contributed by atoms with Crippen LogP contribution in [0.1, 0.15) is 55.4 Å². The molecule has 1 aliphatic carbocycles. The van der Waals surface area contributed by atoms with E-state index in [0.717, 1.165) is 42.6 Å². The zero-order chi connectivity index (χ0) is 18.4. The summed E-state index contributed by atoms with van der Waals surface area (Å²) < 4.78 is 0.